The van der Waals surface area contributed by atoms with Crippen molar-refractivity contribution in [1.29, 1.82) is 0 Å². The summed E-state index contributed by atoms with van der Waals surface area (Å²) < 4.78 is 6.39. The van der Waals surface area contributed by atoms with Crippen LogP contribution in [-0.4, -0.2) is 53.1 Å². The van der Waals surface area contributed by atoms with Crippen LogP contribution in [0.1, 0.15) is 44.1 Å². The van der Waals surface area contributed by atoms with Crippen LogP contribution in [0.5, 0.6) is 0 Å². The number of benzene rings is 1. The van der Waals surface area contributed by atoms with Crippen molar-refractivity contribution in [3.05, 3.63) is 35.9 Å². The zero-order valence-electron chi connectivity index (χ0n) is 15.7. The summed E-state index contributed by atoms with van der Waals surface area (Å²) in [5, 5.41) is 19.9. The van der Waals surface area contributed by atoms with E-state index in [9.17, 15) is 10.2 Å². The monoisotopic (exact) mass is 359 g/mol. The van der Waals surface area contributed by atoms with Gasteiger partial charge in [0, 0.05) is 19.6 Å². The van der Waals surface area contributed by atoms with Gasteiger partial charge in [-0.3, -0.25) is 4.90 Å². The Bertz CT molecular complexity index is 541. The molecule has 0 spiro atoms. The third kappa shape index (κ3) is 4.30. The predicted molar refractivity (Wildman–Crippen MR) is 102 cm³/mol. The maximum Gasteiger partial charge on any atom is 0.0900 e. The molecular formula is C22H33NO3. The fraction of sp³-hybridized carbons (Fsp3) is 0.727. The molecule has 0 heterocycles. The number of nitrogens with zero attached hydrogens (tertiary/aromatic N) is 1. The minimum atomic E-state index is -0.502. The van der Waals surface area contributed by atoms with E-state index < -0.39 is 6.10 Å². The van der Waals surface area contributed by atoms with Crippen LogP contribution in [-0.2, 0) is 11.3 Å². The summed E-state index contributed by atoms with van der Waals surface area (Å²) in [7, 11) is 0. The van der Waals surface area contributed by atoms with E-state index in [1.54, 1.807) is 0 Å². The molecule has 4 heteroatoms. The van der Waals surface area contributed by atoms with E-state index in [0.29, 0.717) is 19.7 Å². The Morgan fingerprint density at radius 1 is 1.04 bits per heavy atom. The van der Waals surface area contributed by atoms with Gasteiger partial charge in [0.1, 0.15) is 0 Å². The Morgan fingerprint density at radius 2 is 1.65 bits per heavy atom. The molecule has 0 aliphatic heterocycles. The Morgan fingerprint density at radius 3 is 2.23 bits per heavy atom. The van der Waals surface area contributed by atoms with Crippen molar-refractivity contribution < 1.29 is 14.9 Å². The van der Waals surface area contributed by atoms with Crippen LogP contribution in [0, 0.1) is 17.8 Å². The molecule has 2 N–H and O–H groups in total. The van der Waals surface area contributed by atoms with E-state index in [0.717, 1.165) is 24.3 Å². The second-order valence-electron chi connectivity index (χ2n) is 9.01. The van der Waals surface area contributed by atoms with Gasteiger partial charge in [-0.1, -0.05) is 30.3 Å². The second kappa shape index (κ2) is 7.97. The molecule has 0 aromatic heterocycles. The minimum absolute atomic E-state index is 0.0525. The van der Waals surface area contributed by atoms with Crippen molar-refractivity contribution in [3.63, 3.8) is 0 Å². The maximum atomic E-state index is 10.6. The molecule has 4 saturated carbocycles. The standard InChI is InChI=1S/C22H33NO3/c24-7-6-23(14-17-4-2-1-3-5-17)15-21(25)16-26-22-11-18-8-19(12-22)10-20(9-18)13-22/h1-5,18-21,24-25H,6-16H2/t18?,19?,20?,21-,22?/m1/s1. The molecule has 4 fully saturated rings. The van der Waals surface area contributed by atoms with Crippen LogP contribution in [0.3, 0.4) is 0 Å². The zero-order valence-corrected chi connectivity index (χ0v) is 15.7. The van der Waals surface area contributed by atoms with Crippen LogP contribution in [0.2, 0.25) is 0 Å². The van der Waals surface area contributed by atoms with Gasteiger partial charge in [-0.05, 0) is 61.8 Å². The third-order valence-corrected chi connectivity index (χ3v) is 6.70. The van der Waals surface area contributed by atoms with Gasteiger partial charge in [0.05, 0.1) is 24.9 Å². The van der Waals surface area contributed by atoms with Crippen LogP contribution in [0.15, 0.2) is 30.3 Å². The van der Waals surface area contributed by atoms with Gasteiger partial charge in [0.2, 0.25) is 0 Å². The molecule has 1 aromatic rings. The highest BCUT2D eigenvalue weighted by Gasteiger charge is 2.51. The normalized spacial score (nSPS) is 33.7. The summed E-state index contributed by atoms with van der Waals surface area (Å²) in [6, 6.07) is 10.2. The molecule has 4 nitrogen and oxygen atoms in total. The smallest absolute Gasteiger partial charge is 0.0900 e. The first-order chi connectivity index (χ1) is 12.6. The summed E-state index contributed by atoms with van der Waals surface area (Å²) in [5.41, 5.74) is 1.26. The topological polar surface area (TPSA) is 52.9 Å². The number of aliphatic hydroxyl groups is 2. The van der Waals surface area contributed by atoms with E-state index in [-0.39, 0.29) is 12.2 Å². The van der Waals surface area contributed by atoms with E-state index in [2.05, 4.69) is 17.0 Å². The molecule has 0 radical (unpaired) electrons. The highest BCUT2D eigenvalue weighted by molar-refractivity contribution is 5.14. The van der Waals surface area contributed by atoms with Gasteiger partial charge in [-0.15, -0.1) is 0 Å². The average Bonchev–Trinajstić information content (AvgIpc) is 2.60. The quantitative estimate of drug-likeness (QED) is 0.712. The Labute approximate surface area is 157 Å². The number of hydrogen-bond acceptors (Lipinski definition) is 4. The molecule has 26 heavy (non-hydrogen) atoms. The highest BCUT2D eigenvalue weighted by atomic mass is 16.5. The van der Waals surface area contributed by atoms with Crippen molar-refractivity contribution in [2.24, 2.45) is 17.8 Å². The molecule has 4 aliphatic carbocycles. The second-order valence-corrected chi connectivity index (χ2v) is 9.01. The first kappa shape index (κ1) is 18.4. The number of aliphatic hydroxyl groups excluding tert-OH is 2. The van der Waals surface area contributed by atoms with E-state index in [1.807, 2.05) is 18.2 Å². The molecule has 1 atom stereocenters. The SMILES string of the molecule is OCCN(Cc1ccccc1)C[C@@H](O)COC12CC3CC(CC(C3)C1)C2. The molecule has 144 valence electrons. The highest BCUT2D eigenvalue weighted by Crippen LogP contribution is 2.57. The molecule has 0 saturated heterocycles. The Balaban J connectivity index is 1.29. The first-order valence-electron chi connectivity index (χ1n) is 10.3. The number of ether oxygens (including phenoxy) is 1. The largest absolute Gasteiger partial charge is 0.395 e. The lowest BCUT2D eigenvalue weighted by Crippen LogP contribution is -2.53. The van der Waals surface area contributed by atoms with Gasteiger partial charge in [-0.25, -0.2) is 0 Å². The molecule has 4 aliphatic rings. The summed E-state index contributed by atoms with van der Waals surface area (Å²) >= 11 is 0. The summed E-state index contributed by atoms with van der Waals surface area (Å²) in [5.74, 6) is 2.59. The summed E-state index contributed by atoms with van der Waals surface area (Å²) in [4.78, 5) is 2.11. The molecule has 5 rings (SSSR count). The number of rotatable bonds is 9. The predicted octanol–water partition coefficient (Wildman–Crippen LogP) is 2.83. The number of hydrogen-bond donors (Lipinski definition) is 2. The van der Waals surface area contributed by atoms with Gasteiger partial charge >= 0.3 is 0 Å². The first-order valence-corrected chi connectivity index (χ1v) is 10.3. The van der Waals surface area contributed by atoms with Crippen LogP contribution < -0.4 is 0 Å². The van der Waals surface area contributed by atoms with Gasteiger partial charge in [0.15, 0.2) is 0 Å². The Hall–Kier alpha value is -0.940. The average molecular weight is 360 g/mol. The molecule has 1 aromatic carbocycles. The van der Waals surface area contributed by atoms with Crippen molar-refractivity contribution in [3.8, 4) is 0 Å². The lowest BCUT2D eigenvalue weighted by atomic mass is 9.54. The lowest BCUT2D eigenvalue weighted by molar-refractivity contribution is -0.176. The third-order valence-electron chi connectivity index (χ3n) is 6.70. The van der Waals surface area contributed by atoms with E-state index in [1.165, 1.54) is 44.1 Å². The van der Waals surface area contributed by atoms with E-state index >= 15 is 0 Å². The van der Waals surface area contributed by atoms with Gasteiger partial charge in [-0.2, -0.15) is 0 Å². The summed E-state index contributed by atoms with van der Waals surface area (Å²) in [6.07, 6.45) is 7.34. The molecule has 4 bridgehead atoms. The van der Waals surface area contributed by atoms with Crippen molar-refractivity contribution >= 4 is 0 Å². The molecular weight excluding hydrogens is 326 g/mol. The minimum Gasteiger partial charge on any atom is -0.395 e. The van der Waals surface area contributed by atoms with E-state index in [4.69, 9.17) is 4.74 Å². The van der Waals surface area contributed by atoms with Crippen molar-refractivity contribution in [2.75, 3.05) is 26.3 Å². The van der Waals surface area contributed by atoms with Crippen molar-refractivity contribution in [2.45, 2.75) is 56.8 Å². The van der Waals surface area contributed by atoms with Crippen LogP contribution in [0.25, 0.3) is 0 Å². The van der Waals surface area contributed by atoms with Gasteiger partial charge in [0.25, 0.3) is 0 Å². The Kier molecular flexibility index (Phi) is 5.65. The lowest BCUT2D eigenvalue weighted by Gasteiger charge is -2.56. The van der Waals surface area contributed by atoms with Gasteiger partial charge < -0.3 is 14.9 Å². The fourth-order valence-electron chi connectivity index (χ4n) is 6.05. The zero-order chi connectivity index (χ0) is 18.0. The summed E-state index contributed by atoms with van der Waals surface area (Å²) in [6.45, 7) is 2.39. The molecule has 0 unspecified atom stereocenters. The van der Waals surface area contributed by atoms with Crippen LogP contribution >= 0.6 is 0 Å². The van der Waals surface area contributed by atoms with Crippen LogP contribution in [0.4, 0.5) is 0 Å². The fourth-order valence-corrected chi connectivity index (χ4v) is 6.05. The maximum absolute atomic E-state index is 10.6. The van der Waals surface area contributed by atoms with Crippen molar-refractivity contribution in [1.82, 2.24) is 4.90 Å². The molecule has 0 amide bonds.